The van der Waals surface area contributed by atoms with Gasteiger partial charge in [0, 0.05) is 5.60 Å². The molecule has 2 rings (SSSR count). The number of hydrogen-bond acceptors (Lipinski definition) is 2. The second-order valence-electron chi connectivity index (χ2n) is 7.09. The van der Waals surface area contributed by atoms with Gasteiger partial charge in [0.05, 0.1) is 6.10 Å². The Labute approximate surface area is 115 Å². The summed E-state index contributed by atoms with van der Waals surface area (Å²) < 4.78 is 12.2. The smallest absolute Gasteiger partial charge is 0.305 e. The normalized spacial score (nSPS) is 24.0. The Morgan fingerprint density at radius 2 is 1.33 bits per heavy atom. The highest BCUT2D eigenvalue weighted by molar-refractivity contribution is 6.18. The Kier molecular flexibility index (Phi) is 5.28. The van der Waals surface area contributed by atoms with E-state index in [1.165, 1.54) is 51.4 Å². The molecule has 106 valence electrons. The summed E-state index contributed by atoms with van der Waals surface area (Å²) >= 11 is 0. The van der Waals surface area contributed by atoms with E-state index in [-0.39, 0.29) is 5.60 Å². The summed E-state index contributed by atoms with van der Waals surface area (Å²) in [4.78, 5) is 0. The van der Waals surface area contributed by atoms with Gasteiger partial charge in [0.2, 0.25) is 0 Å². The van der Waals surface area contributed by atoms with Crippen molar-refractivity contribution in [2.75, 3.05) is 0 Å². The zero-order valence-electron chi connectivity index (χ0n) is 12.4. The zero-order chi connectivity index (χ0) is 13.0. The van der Waals surface area contributed by atoms with Gasteiger partial charge < -0.3 is 8.85 Å². The van der Waals surface area contributed by atoms with E-state index in [1.807, 2.05) is 0 Å². The van der Waals surface area contributed by atoms with Crippen molar-refractivity contribution in [2.45, 2.75) is 83.8 Å². The van der Waals surface area contributed by atoms with E-state index in [1.54, 1.807) is 0 Å². The summed E-state index contributed by atoms with van der Waals surface area (Å²) in [5.74, 6) is 1.67. The third-order valence-electron chi connectivity index (χ3n) is 4.48. The Bertz CT molecular complexity index is 221. The van der Waals surface area contributed by atoms with Crippen molar-refractivity contribution >= 4 is 10.0 Å². The van der Waals surface area contributed by atoms with Crippen molar-refractivity contribution in [1.82, 2.24) is 0 Å². The quantitative estimate of drug-likeness (QED) is 0.711. The van der Waals surface area contributed by atoms with Crippen LogP contribution in [0.15, 0.2) is 0 Å². The second-order valence-corrected chi connectivity index (χ2v) is 7.95. The largest absolute Gasteiger partial charge is 0.395 e. The van der Waals surface area contributed by atoms with Crippen LogP contribution in [0.1, 0.15) is 72.1 Å². The van der Waals surface area contributed by atoms with Crippen LogP contribution in [0.5, 0.6) is 0 Å². The lowest BCUT2D eigenvalue weighted by molar-refractivity contribution is 0.0304. The van der Waals surface area contributed by atoms with E-state index < -0.39 is 10.0 Å². The lowest BCUT2D eigenvalue weighted by Crippen LogP contribution is -2.34. The van der Waals surface area contributed by atoms with Crippen molar-refractivity contribution in [3.05, 3.63) is 0 Å². The molecule has 2 nitrogen and oxygen atoms in total. The predicted octanol–water partition coefficient (Wildman–Crippen LogP) is 3.57. The molecule has 0 heterocycles. The van der Waals surface area contributed by atoms with Crippen molar-refractivity contribution in [3.63, 3.8) is 0 Å². The molecule has 0 aliphatic heterocycles. The fraction of sp³-hybridized carbons (Fsp3) is 1.00. The van der Waals surface area contributed by atoms with E-state index in [0.29, 0.717) is 6.10 Å². The summed E-state index contributed by atoms with van der Waals surface area (Å²) in [5, 5.41) is 0. The van der Waals surface area contributed by atoms with Crippen LogP contribution in [0.3, 0.4) is 0 Å². The minimum absolute atomic E-state index is 0.0257. The predicted molar refractivity (Wildman–Crippen MR) is 78.2 cm³/mol. The summed E-state index contributed by atoms with van der Waals surface area (Å²) in [5.41, 5.74) is -0.0257. The Morgan fingerprint density at radius 3 is 1.72 bits per heavy atom. The van der Waals surface area contributed by atoms with Gasteiger partial charge >= 0.3 is 10.0 Å². The fourth-order valence-electron chi connectivity index (χ4n) is 3.52. The second kappa shape index (κ2) is 6.53. The highest BCUT2D eigenvalue weighted by atomic mass is 28.3. The highest BCUT2D eigenvalue weighted by Gasteiger charge is 2.33. The lowest BCUT2D eigenvalue weighted by atomic mass is 9.89. The topological polar surface area (TPSA) is 18.5 Å². The van der Waals surface area contributed by atoms with Crippen LogP contribution >= 0.6 is 0 Å². The molecule has 2 saturated carbocycles. The van der Waals surface area contributed by atoms with Gasteiger partial charge in [-0.25, -0.2) is 0 Å². The van der Waals surface area contributed by atoms with Crippen molar-refractivity contribution in [1.29, 1.82) is 0 Å². The molecule has 3 heteroatoms. The van der Waals surface area contributed by atoms with Gasteiger partial charge in [-0.2, -0.15) is 0 Å². The molecule has 0 N–H and O–H groups in total. The van der Waals surface area contributed by atoms with Gasteiger partial charge in [0.25, 0.3) is 0 Å². The van der Waals surface area contributed by atoms with Gasteiger partial charge in [0.15, 0.2) is 0 Å². The van der Waals surface area contributed by atoms with Crippen LogP contribution in [0.4, 0.5) is 0 Å². The molecular formula is C15H30O2Si. The van der Waals surface area contributed by atoms with Crippen LogP contribution < -0.4 is 0 Å². The standard InChI is InChI=1S/C15H30O2Si/c1-15(2,3)17-18-16-14(12-8-4-5-9-12)13-10-6-7-11-13/h12-14H,4-11,18H2,1-3H3. The molecule has 0 aromatic carbocycles. The number of hydrogen-bond donors (Lipinski definition) is 0. The van der Waals surface area contributed by atoms with Crippen LogP contribution in [-0.2, 0) is 8.85 Å². The summed E-state index contributed by atoms with van der Waals surface area (Å²) in [6.45, 7) is 6.39. The van der Waals surface area contributed by atoms with Gasteiger partial charge in [0.1, 0.15) is 0 Å². The maximum atomic E-state index is 6.30. The third-order valence-corrected chi connectivity index (χ3v) is 5.99. The molecule has 0 radical (unpaired) electrons. The van der Waals surface area contributed by atoms with Gasteiger partial charge in [-0.1, -0.05) is 25.7 Å². The van der Waals surface area contributed by atoms with Crippen molar-refractivity contribution in [2.24, 2.45) is 11.8 Å². The maximum Gasteiger partial charge on any atom is 0.305 e. The molecule has 0 atom stereocenters. The van der Waals surface area contributed by atoms with Gasteiger partial charge in [-0.05, 0) is 58.3 Å². The molecule has 0 aromatic heterocycles. The Morgan fingerprint density at radius 1 is 0.889 bits per heavy atom. The molecular weight excluding hydrogens is 240 g/mol. The van der Waals surface area contributed by atoms with Crippen molar-refractivity contribution < 1.29 is 8.85 Å². The van der Waals surface area contributed by atoms with Gasteiger partial charge in [-0.15, -0.1) is 0 Å². The summed E-state index contributed by atoms with van der Waals surface area (Å²) in [7, 11) is -0.808. The first-order chi connectivity index (χ1) is 8.56. The molecule has 0 unspecified atom stereocenters. The first kappa shape index (κ1) is 14.5. The molecule has 0 spiro atoms. The molecule has 18 heavy (non-hydrogen) atoms. The third kappa shape index (κ3) is 4.36. The zero-order valence-corrected chi connectivity index (χ0v) is 13.8. The van der Waals surface area contributed by atoms with E-state index in [4.69, 9.17) is 8.85 Å². The first-order valence-corrected chi connectivity index (χ1v) is 8.97. The molecule has 0 amide bonds. The van der Waals surface area contributed by atoms with Crippen LogP contribution in [-0.4, -0.2) is 21.7 Å². The van der Waals surface area contributed by atoms with Gasteiger partial charge in [-0.3, -0.25) is 0 Å². The van der Waals surface area contributed by atoms with E-state index >= 15 is 0 Å². The SMILES string of the molecule is CC(C)(C)O[SiH2]OC(C1CCCC1)C1CCCC1. The summed E-state index contributed by atoms with van der Waals surface area (Å²) in [6.07, 6.45) is 11.8. The molecule has 2 aliphatic rings. The van der Waals surface area contributed by atoms with Crippen LogP contribution in [0, 0.1) is 11.8 Å². The average molecular weight is 270 g/mol. The highest BCUT2D eigenvalue weighted by Crippen LogP contribution is 2.38. The fourth-order valence-corrected chi connectivity index (χ4v) is 4.64. The first-order valence-electron chi connectivity index (χ1n) is 7.82. The molecule has 0 aromatic rings. The minimum Gasteiger partial charge on any atom is -0.395 e. The molecule has 2 aliphatic carbocycles. The van der Waals surface area contributed by atoms with E-state index in [0.717, 1.165) is 11.8 Å². The molecule has 2 fully saturated rings. The lowest BCUT2D eigenvalue weighted by Gasteiger charge is -2.31. The minimum atomic E-state index is -0.808. The molecule has 0 saturated heterocycles. The van der Waals surface area contributed by atoms with E-state index in [2.05, 4.69) is 20.8 Å². The summed E-state index contributed by atoms with van der Waals surface area (Å²) in [6, 6.07) is 0. The molecule has 0 bridgehead atoms. The number of rotatable bonds is 5. The van der Waals surface area contributed by atoms with Crippen LogP contribution in [0.25, 0.3) is 0 Å². The monoisotopic (exact) mass is 270 g/mol. The van der Waals surface area contributed by atoms with Crippen LogP contribution in [0.2, 0.25) is 0 Å². The van der Waals surface area contributed by atoms with Crippen molar-refractivity contribution in [3.8, 4) is 0 Å². The van der Waals surface area contributed by atoms with E-state index in [9.17, 15) is 0 Å². The Hall–Kier alpha value is 0.137. The Balaban J connectivity index is 1.83. The maximum absolute atomic E-state index is 6.30. The average Bonchev–Trinajstić information content (AvgIpc) is 2.96.